The van der Waals surface area contributed by atoms with Crippen LogP contribution in [0.1, 0.15) is 16.7 Å². The first kappa shape index (κ1) is 17.7. The van der Waals surface area contributed by atoms with Gasteiger partial charge in [-0.15, -0.1) is 11.3 Å². The van der Waals surface area contributed by atoms with Gasteiger partial charge in [0.15, 0.2) is 4.34 Å². The lowest BCUT2D eigenvalue weighted by Gasteiger charge is -2.06. The van der Waals surface area contributed by atoms with E-state index in [2.05, 4.69) is 47.6 Å². The van der Waals surface area contributed by atoms with Crippen molar-refractivity contribution in [3.8, 4) is 11.3 Å². The monoisotopic (exact) mass is 368 g/mol. The second-order valence-corrected chi connectivity index (χ2v) is 8.16. The highest BCUT2D eigenvalue weighted by atomic mass is 32.2. The molecule has 1 N–H and O–H groups in total. The SMILES string of the molecule is Cc1ccc(-c2csc(SCC(=O)Nc3cc(C)cc(C)c3)n2)cc1. The number of nitrogens with zero attached hydrogens (tertiary/aromatic N) is 1. The Hall–Kier alpha value is -2.11. The van der Waals surface area contributed by atoms with E-state index < -0.39 is 0 Å². The lowest BCUT2D eigenvalue weighted by Crippen LogP contribution is -2.14. The van der Waals surface area contributed by atoms with Crippen molar-refractivity contribution in [1.29, 1.82) is 0 Å². The molecule has 0 spiro atoms. The predicted molar refractivity (Wildman–Crippen MR) is 108 cm³/mol. The van der Waals surface area contributed by atoms with Gasteiger partial charge in [-0.05, 0) is 44.0 Å². The van der Waals surface area contributed by atoms with Gasteiger partial charge in [0.05, 0.1) is 11.4 Å². The van der Waals surface area contributed by atoms with Gasteiger partial charge < -0.3 is 5.32 Å². The Bertz CT molecular complexity index is 865. The van der Waals surface area contributed by atoms with Crippen LogP contribution in [-0.2, 0) is 4.79 Å². The first-order chi connectivity index (χ1) is 12.0. The van der Waals surface area contributed by atoms with Crippen molar-refractivity contribution in [2.75, 3.05) is 11.1 Å². The van der Waals surface area contributed by atoms with Gasteiger partial charge in [-0.1, -0.05) is 47.7 Å². The van der Waals surface area contributed by atoms with E-state index in [0.717, 1.165) is 32.4 Å². The maximum Gasteiger partial charge on any atom is 0.234 e. The van der Waals surface area contributed by atoms with Gasteiger partial charge in [0.1, 0.15) is 0 Å². The number of aromatic nitrogens is 1. The molecule has 0 bridgehead atoms. The number of thioether (sulfide) groups is 1. The smallest absolute Gasteiger partial charge is 0.234 e. The van der Waals surface area contributed by atoms with Crippen LogP contribution in [0.25, 0.3) is 11.3 Å². The molecule has 0 saturated carbocycles. The van der Waals surface area contributed by atoms with Crippen LogP contribution in [0.2, 0.25) is 0 Å². The Labute approximate surface area is 156 Å². The van der Waals surface area contributed by atoms with Gasteiger partial charge in [0, 0.05) is 16.6 Å². The zero-order valence-corrected chi connectivity index (χ0v) is 16.1. The molecule has 128 valence electrons. The van der Waals surface area contributed by atoms with Gasteiger partial charge >= 0.3 is 0 Å². The van der Waals surface area contributed by atoms with Crippen molar-refractivity contribution in [3.63, 3.8) is 0 Å². The molecule has 0 unspecified atom stereocenters. The number of nitrogens with one attached hydrogen (secondary N) is 1. The zero-order chi connectivity index (χ0) is 17.8. The summed E-state index contributed by atoms with van der Waals surface area (Å²) in [4.78, 5) is 16.8. The molecule has 1 amide bonds. The van der Waals surface area contributed by atoms with Crippen molar-refractivity contribution >= 4 is 34.7 Å². The Morgan fingerprint density at radius 1 is 1.04 bits per heavy atom. The van der Waals surface area contributed by atoms with Gasteiger partial charge in [0.2, 0.25) is 5.91 Å². The molecule has 25 heavy (non-hydrogen) atoms. The average Bonchev–Trinajstić information content (AvgIpc) is 3.01. The zero-order valence-electron chi connectivity index (χ0n) is 14.5. The van der Waals surface area contributed by atoms with Crippen molar-refractivity contribution in [1.82, 2.24) is 4.98 Å². The Morgan fingerprint density at radius 2 is 1.72 bits per heavy atom. The van der Waals surface area contributed by atoms with E-state index >= 15 is 0 Å². The van der Waals surface area contributed by atoms with E-state index in [1.54, 1.807) is 11.3 Å². The number of carbonyl (C=O) groups is 1. The molecule has 0 fully saturated rings. The second-order valence-electron chi connectivity index (χ2n) is 6.08. The van der Waals surface area contributed by atoms with Crippen LogP contribution < -0.4 is 5.32 Å². The number of anilines is 1. The molecule has 2 aromatic carbocycles. The van der Waals surface area contributed by atoms with Crippen LogP contribution in [0.5, 0.6) is 0 Å². The van der Waals surface area contributed by atoms with Gasteiger partial charge in [0.25, 0.3) is 0 Å². The summed E-state index contributed by atoms with van der Waals surface area (Å²) in [6, 6.07) is 14.4. The summed E-state index contributed by atoms with van der Waals surface area (Å²) in [6.07, 6.45) is 0. The van der Waals surface area contributed by atoms with E-state index in [1.165, 1.54) is 17.3 Å². The molecule has 0 saturated heterocycles. The molecule has 0 aliphatic heterocycles. The van der Waals surface area contributed by atoms with E-state index in [1.807, 2.05) is 31.4 Å². The molecule has 3 rings (SSSR count). The van der Waals surface area contributed by atoms with E-state index in [0.29, 0.717) is 5.75 Å². The Morgan fingerprint density at radius 3 is 2.40 bits per heavy atom. The quantitative estimate of drug-likeness (QED) is 0.608. The standard InChI is InChI=1S/C20H20N2OS2/c1-13-4-6-16(7-5-13)18-11-24-20(22-18)25-12-19(23)21-17-9-14(2)8-15(3)10-17/h4-11H,12H2,1-3H3,(H,21,23). The number of hydrogen-bond donors (Lipinski definition) is 1. The Kier molecular flexibility index (Phi) is 5.56. The number of carbonyl (C=O) groups excluding carboxylic acids is 1. The lowest BCUT2D eigenvalue weighted by molar-refractivity contribution is -0.113. The topological polar surface area (TPSA) is 42.0 Å². The minimum absolute atomic E-state index is 0.0120. The summed E-state index contributed by atoms with van der Waals surface area (Å²) < 4.78 is 0.908. The second kappa shape index (κ2) is 7.85. The molecule has 1 aromatic heterocycles. The van der Waals surface area contributed by atoms with E-state index in [-0.39, 0.29) is 5.91 Å². The highest BCUT2D eigenvalue weighted by Crippen LogP contribution is 2.28. The highest BCUT2D eigenvalue weighted by Gasteiger charge is 2.09. The Balaban J connectivity index is 1.58. The summed E-state index contributed by atoms with van der Waals surface area (Å²) in [5.74, 6) is 0.343. The van der Waals surface area contributed by atoms with Crippen LogP contribution >= 0.6 is 23.1 Å². The normalized spacial score (nSPS) is 10.7. The molecule has 0 atom stereocenters. The van der Waals surface area contributed by atoms with Crippen LogP contribution in [0, 0.1) is 20.8 Å². The number of aryl methyl sites for hydroxylation is 3. The summed E-state index contributed by atoms with van der Waals surface area (Å²) in [5.41, 5.74) is 6.44. The average molecular weight is 369 g/mol. The molecular formula is C20H20N2OS2. The van der Waals surface area contributed by atoms with E-state index in [4.69, 9.17) is 0 Å². The summed E-state index contributed by atoms with van der Waals surface area (Å²) in [6.45, 7) is 6.12. The van der Waals surface area contributed by atoms with Gasteiger partial charge in [-0.2, -0.15) is 0 Å². The fraction of sp³-hybridized carbons (Fsp3) is 0.200. The van der Waals surface area contributed by atoms with Crippen molar-refractivity contribution in [2.24, 2.45) is 0 Å². The molecule has 5 heteroatoms. The third-order valence-corrected chi connectivity index (χ3v) is 5.68. The summed E-state index contributed by atoms with van der Waals surface area (Å²) >= 11 is 3.04. The summed E-state index contributed by atoms with van der Waals surface area (Å²) in [5, 5.41) is 4.99. The maximum absolute atomic E-state index is 12.2. The largest absolute Gasteiger partial charge is 0.325 e. The minimum atomic E-state index is -0.0120. The molecule has 3 nitrogen and oxygen atoms in total. The van der Waals surface area contributed by atoms with Crippen molar-refractivity contribution in [3.05, 3.63) is 64.5 Å². The molecule has 0 radical (unpaired) electrons. The molecule has 0 aliphatic carbocycles. The van der Waals surface area contributed by atoms with Crippen LogP contribution in [-0.4, -0.2) is 16.6 Å². The van der Waals surface area contributed by atoms with E-state index in [9.17, 15) is 4.79 Å². The number of hydrogen-bond acceptors (Lipinski definition) is 4. The van der Waals surface area contributed by atoms with Crippen LogP contribution in [0.4, 0.5) is 5.69 Å². The summed E-state index contributed by atoms with van der Waals surface area (Å²) in [7, 11) is 0. The van der Waals surface area contributed by atoms with Crippen LogP contribution in [0.3, 0.4) is 0 Å². The fourth-order valence-corrected chi connectivity index (χ4v) is 4.19. The third-order valence-electron chi connectivity index (χ3n) is 3.66. The minimum Gasteiger partial charge on any atom is -0.325 e. The van der Waals surface area contributed by atoms with Gasteiger partial charge in [-0.3, -0.25) is 4.79 Å². The van der Waals surface area contributed by atoms with Crippen molar-refractivity contribution in [2.45, 2.75) is 25.1 Å². The molecular weight excluding hydrogens is 348 g/mol. The van der Waals surface area contributed by atoms with Crippen molar-refractivity contribution < 1.29 is 4.79 Å². The number of rotatable bonds is 5. The highest BCUT2D eigenvalue weighted by molar-refractivity contribution is 8.01. The fourth-order valence-electron chi connectivity index (χ4n) is 2.55. The van der Waals surface area contributed by atoms with Crippen LogP contribution in [0.15, 0.2) is 52.2 Å². The first-order valence-corrected chi connectivity index (χ1v) is 9.89. The molecule has 1 heterocycles. The maximum atomic E-state index is 12.2. The number of amides is 1. The number of benzene rings is 2. The lowest BCUT2D eigenvalue weighted by atomic mass is 10.1. The predicted octanol–water partition coefficient (Wildman–Crippen LogP) is 5.47. The third kappa shape index (κ3) is 4.94. The first-order valence-electron chi connectivity index (χ1n) is 8.03. The molecule has 3 aromatic rings. The van der Waals surface area contributed by atoms with Gasteiger partial charge in [-0.25, -0.2) is 4.98 Å². The molecule has 0 aliphatic rings. The number of thiazole rings is 1.